The predicted molar refractivity (Wildman–Crippen MR) is 123 cm³/mol. The van der Waals surface area contributed by atoms with Crippen molar-refractivity contribution in [3.05, 3.63) is 108 Å². The molecule has 0 aliphatic heterocycles. The number of rotatable bonds is 6. The first-order chi connectivity index (χ1) is 15.1. The number of anilines is 1. The molecule has 152 valence electrons. The van der Waals surface area contributed by atoms with Gasteiger partial charge in [0.25, 0.3) is 0 Å². The largest absolute Gasteiger partial charge is 0.477 e. The second kappa shape index (κ2) is 8.97. The van der Waals surface area contributed by atoms with Gasteiger partial charge in [0.2, 0.25) is 5.91 Å². The van der Waals surface area contributed by atoms with Crippen LogP contribution in [0.4, 0.5) is 5.69 Å². The van der Waals surface area contributed by atoms with Crippen LogP contribution < -0.4 is 5.32 Å². The Balaban J connectivity index is 1.81. The maximum Gasteiger partial charge on any atom is 0.352 e. The van der Waals surface area contributed by atoms with Crippen LogP contribution in [0.5, 0.6) is 0 Å². The van der Waals surface area contributed by atoms with Crippen LogP contribution >= 0.6 is 0 Å². The van der Waals surface area contributed by atoms with Crippen molar-refractivity contribution in [2.75, 3.05) is 5.32 Å². The first-order valence-corrected chi connectivity index (χ1v) is 9.77. The molecule has 1 amide bonds. The fraction of sp³-hybridized carbons (Fsp3) is 0. The second-order valence-corrected chi connectivity index (χ2v) is 6.89. The molecule has 0 spiro atoms. The van der Waals surface area contributed by atoms with E-state index in [0.29, 0.717) is 16.9 Å². The van der Waals surface area contributed by atoms with Crippen molar-refractivity contribution in [3.63, 3.8) is 0 Å². The Kier molecular flexibility index (Phi) is 5.76. The van der Waals surface area contributed by atoms with Gasteiger partial charge in [-0.15, -0.1) is 0 Å². The Morgan fingerprint density at radius 2 is 1.32 bits per heavy atom. The van der Waals surface area contributed by atoms with Crippen molar-refractivity contribution >= 4 is 23.6 Å². The average Bonchev–Trinajstić information content (AvgIpc) is 3.19. The molecular formula is C26H20N2O3. The fourth-order valence-electron chi connectivity index (χ4n) is 3.44. The van der Waals surface area contributed by atoms with Gasteiger partial charge < -0.3 is 15.4 Å². The lowest BCUT2D eigenvalue weighted by Crippen LogP contribution is -2.07. The first kappa shape index (κ1) is 19.9. The summed E-state index contributed by atoms with van der Waals surface area (Å²) in [6.45, 7) is 0. The lowest BCUT2D eigenvalue weighted by atomic mass is 9.96. The summed E-state index contributed by atoms with van der Waals surface area (Å²) in [6.07, 6.45) is 2.90. The van der Waals surface area contributed by atoms with E-state index >= 15 is 0 Å². The van der Waals surface area contributed by atoms with Crippen LogP contribution in [-0.4, -0.2) is 22.0 Å². The minimum Gasteiger partial charge on any atom is -0.477 e. The van der Waals surface area contributed by atoms with Crippen LogP contribution in [0.15, 0.2) is 97.1 Å². The zero-order valence-electron chi connectivity index (χ0n) is 16.6. The molecule has 3 N–H and O–H groups in total. The average molecular weight is 408 g/mol. The van der Waals surface area contributed by atoms with Crippen LogP contribution in [0, 0.1) is 0 Å². The van der Waals surface area contributed by atoms with Crippen molar-refractivity contribution in [1.29, 1.82) is 0 Å². The van der Waals surface area contributed by atoms with E-state index in [1.54, 1.807) is 18.2 Å². The molecule has 1 aromatic heterocycles. The van der Waals surface area contributed by atoms with Crippen LogP contribution in [0.3, 0.4) is 0 Å². The lowest BCUT2D eigenvalue weighted by molar-refractivity contribution is -0.111. The topological polar surface area (TPSA) is 82.2 Å². The lowest BCUT2D eigenvalue weighted by Gasteiger charge is -2.07. The standard InChI is InChI=1S/C26H20N2O3/c29-22(27-20-14-8-3-9-15-20)17-16-21-23(18-10-4-1-5-11-18)24(28-25(21)26(30)31)19-12-6-2-7-13-19/h1-17,28H,(H,27,29)(H,30,31)/b17-16+. The number of carboxylic acid groups (broad SMARTS) is 1. The zero-order valence-corrected chi connectivity index (χ0v) is 16.6. The quantitative estimate of drug-likeness (QED) is 0.358. The molecule has 3 aromatic carbocycles. The van der Waals surface area contributed by atoms with Crippen LogP contribution in [0.2, 0.25) is 0 Å². The molecule has 1 heterocycles. The monoisotopic (exact) mass is 408 g/mol. The predicted octanol–water partition coefficient (Wildman–Crippen LogP) is 5.70. The van der Waals surface area contributed by atoms with Gasteiger partial charge in [-0.05, 0) is 29.3 Å². The molecule has 0 radical (unpaired) electrons. The Labute approximate surface area is 179 Å². The summed E-state index contributed by atoms with van der Waals surface area (Å²) in [6, 6.07) is 28.2. The van der Waals surface area contributed by atoms with E-state index in [1.165, 1.54) is 6.08 Å². The van der Waals surface area contributed by atoms with Crippen LogP contribution in [0.25, 0.3) is 28.5 Å². The minimum absolute atomic E-state index is 0.0291. The highest BCUT2D eigenvalue weighted by Crippen LogP contribution is 2.37. The fourth-order valence-corrected chi connectivity index (χ4v) is 3.44. The van der Waals surface area contributed by atoms with Crippen molar-refractivity contribution in [2.45, 2.75) is 0 Å². The number of carbonyl (C=O) groups is 2. The third-order valence-electron chi connectivity index (χ3n) is 4.82. The number of benzene rings is 3. The molecule has 5 heteroatoms. The summed E-state index contributed by atoms with van der Waals surface area (Å²) in [4.78, 5) is 27.5. The van der Waals surface area contributed by atoms with Gasteiger partial charge in [-0.2, -0.15) is 0 Å². The van der Waals surface area contributed by atoms with E-state index in [9.17, 15) is 14.7 Å². The summed E-state index contributed by atoms with van der Waals surface area (Å²) < 4.78 is 0. The van der Waals surface area contributed by atoms with E-state index in [2.05, 4.69) is 10.3 Å². The number of aromatic amines is 1. The van der Waals surface area contributed by atoms with Gasteiger partial charge in [-0.25, -0.2) is 4.79 Å². The zero-order chi connectivity index (χ0) is 21.6. The van der Waals surface area contributed by atoms with Gasteiger partial charge in [-0.3, -0.25) is 4.79 Å². The smallest absolute Gasteiger partial charge is 0.352 e. The number of para-hydroxylation sites is 1. The van der Waals surface area contributed by atoms with E-state index in [0.717, 1.165) is 16.7 Å². The van der Waals surface area contributed by atoms with E-state index in [1.807, 2.05) is 78.9 Å². The number of carboxylic acids is 1. The maximum atomic E-state index is 12.4. The van der Waals surface area contributed by atoms with E-state index < -0.39 is 5.97 Å². The number of aromatic nitrogens is 1. The molecule has 0 aliphatic carbocycles. The highest BCUT2D eigenvalue weighted by Gasteiger charge is 2.22. The first-order valence-electron chi connectivity index (χ1n) is 9.77. The molecule has 0 aliphatic rings. The number of H-pyrrole nitrogens is 1. The van der Waals surface area contributed by atoms with Crippen molar-refractivity contribution in [2.24, 2.45) is 0 Å². The number of hydrogen-bond donors (Lipinski definition) is 3. The second-order valence-electron chi connectivity index (χ2n) is 6.89. The molecule has 31 heavy (non-hydrogen) atoms. The van der Waals surface area contributed by atoms with Crippen LogP contribution in [0.1, 0.15) is 16.1 Å². The van der Waals surface area contributed by atoms with E-state index in [4.69, 9.17) is 0 Å². The van der Waals surface area contributed by atoms with Crippen LogP contribution in [-0.2, 0) is 4.79 Å². The van der Waals surface area contributed by atoms with E-state index in [-0.39, 0.29) is 11.6 Å². The normalized spacial score (nSPS) is 10.8. The molecule has 0 bridgehead atoms. The van der Waals surface area contributed by atoms with Gasteiger partial charge in [-0.1, -0.05) is 78.9 Å². The minimum atomic E-state index is -1.09. The Hall–Kier alpha value is -4.38. The number of carbonyl (C=O) groups excluding carboxylic acids is 1. The summed E-state index contributed by atoms with van der Waals surface area (Å²) >= 11 is 0. The molecule has 0 unspecified atom stereocenters. The number of hydrogen-bond acceptors (Lipinski definition) is 2. The molecular weight excluding hydrogens is 388 g/mol. The van der Waals surface area contributed by atoms with Gasteiger partial charge >= 0.3 is 5.97 Å². The molecule has 0 atom stereocenters. The molecule has 5 nitrogen and oxygen atoms in total. The highest BCUT2D eigenvalue weighted by molar-refractivity contribution is 6.05. The van der Waals surface area contributed by atoms with Gasteiger partial charge in [0.15, 0.2) is 0 Å². The van der Waals surface area contributed by atoms with Gasteiger partial charge in [0, 0.05) is 22.9 Å². The molecule has 0 saturated heterocycles. The summed E-state index contributed by atoms with van der Waals surface area (Å²) in [5.41, 5.74) is 4.27. The summed E-state index contributed by atoms with van der Waals surface area (Å²) in [7, 11) is 0. The van der Waals surface area contributed by atoms with Crippen molar-refractivity contribution < 1.29 is 14.7 Å². The number of amides is 1. The molecule has 4 rings (SSSR count). The van der Waals surface area contributed by atoms with Crippen molar-refractivity contribution in [1.82, 2.24) is 4.98 Å². The third kappa shape index (κ3) is 4.46. The SMILES string of the molecule is O=C(/C=C/c1c(C(=O)O)[nH]c(-c2ccccc2)c1-c1ccccc1)Nc1ccccc1. The summed E-state index contributed by atoms with van der Waals surface area (Å²) in [5, 5.41) is 12.6. The maximum absolute atomic E-state index is 12.4. The highest BCUT2D eigenvalue weighted by atomic mass is 16.4. The van der Waals surface area contributed by atoms with Crippen molar-refractivity contribution in [3.8, 4) is 22.4 Å². The van der Waals surface area contributed by atoms with Gasteiger partial charge in [0.1, 0.15) is 5.69 Å². The third-order valence-corrected chi connectivity index (χ3v) is 4.82. The Bertz CT molecular complexity index is 1230. The number of nitrogens with one attached hydrogen (secondary N) is 2. The Morgan fingerprint density at radius 1 is 0.774 bits per heavy atom. The Morgan fingerprint density at radius 3 is 1.90 bits per heavy atom. The molecule has 0 saturated carbocycles. The van der Waals surface area contributed by atoms with Gasteiger partial charge in [0.05, 0.1) is 5.69 Å². The molecule has 4 aromatic rings. The summed E-state index contributed by atoms with van der Waals surface area (Å²) in [5.74, 6) is -1.44. The number of aromatic carboxylic acids is 1. The molecule has 0 fully saturated rings.